The summed E-state index contributed by atoms with van der Waals surface area (Å²) in [5.41, 5.74) is 5.76. The lowest BCUT2D eigenvalue weighted by Crippen LogP contribution is -2.41. The Bertz CT molecular complexity index is 1600. The van der Waals surface area contributed by atoms with Gasteiger partial charge in [-0.1, -0.05) is 5.16 Å². The van der Waals surface area contributed by atoms with Crippen molar-refractivity contribution < 1.29 is 14.1 Å². The first kappa shape index (κ1) is 26.4. The van der Waals surface area contributed by atoms with E-state index in [-0.39, 0.29) is 17.7 Å². The van der Waals surface area contributed by atoms with Crippen molar-refractivity contribution in [3.8, 4) is 0 Å². The number of piperidine rings is 1. The van der Waals surface area contributed by atoms with Crippen LogP contribution in [0, 0.1) is 19.8 Å². The summed E-state index contributed by atoms with van der Waals surface area (Å²) in [5.74, 6) is 1.64. The van der Waals surface area contributed by atoms with Crippen LogP contribution in [-0.4, -0.2) is 49.9 Å². The molecule has 2 amide bonds. The molecule has 0 radical (unpaired) electrons. The molecular weight excluding hydrogens is 520 g/mol. The van der Waals surface area contributed by atoms with Crippen molar-refractivity contribution in [3.05, 3.63) is 77.1 Å². The van der Waals surface area contributed by atoms with E-state index in [1.165, 1.54) is 0 Å². The minimum Gasteiger partial charge on any atom is -0.361 e. The molecule has 0 unspecified atom stereocenters. The van der Waals surface area contributed by atoms with Gasteiger partial charge >= 0.3 is 0 Å². The number of likely N-dealkylation sites (tertiary alicyclic amines) is 1. The fourth-order valence-corrected chi connectivity index (χ4v) is 5.38. The van der Waals surface area contributed by atoms with Crippen LogP contribution in [0.4, 0.5) is 28.8 Å². The molecule has 41 heavy (non-hydrogen) atoms. The highest BCUT2D eigenvalue weighted by Crippen LogP contribution is 2.28. The van der Waals surface area contributed by atoms with Gasteiger partial charge in [-0.25, -0.2) is 4.98 Å². The third-order valence-electron chi connectivity index (χ3n) is 7.48. The maximum atomic E-state index is 13.2. The van der Waals surface area contributed by atoms with E-state index in [2.05, 4.69) is 42.1 Å². The van der Waals surface area contributed by atoms with Crippen LogP contribution >= 0.6 is 0 Å². The molecule has 0 aliphatic carbocycles. The fourth-order valence-electron chi connectivity index (χ4n) is 5.38. The molecular formula is C30H32N8O3. The van der Waals surface area contributed by atoms with E-state index < -0.39 is 0 Å². The number of benzene rings is 1. The van der Waals surface area contributed by atoms with E-state index in [1.54, 1.807) is 30.3 Å². The SMILES string of the molecule is Cc1cc(C(=O)N2CCC[C@@H](CC(=O)Nc3ccc4cc3CCc3cncc(c3)Nc3ncc(C)c(n3)N4)C2)no1. The summed E-state index contributed by atoms with van der Waals surface area (Å²) >= 11 is 0. The second-order valence-electron chi connectivity index (χ2n) is 10.8. The Morgan fingerprint density at radius 3 is 2.83 bits per heavy atom. The topological polar surface area (TPSA) is 138 Å². The number of aromatic nitrogens is 4. The van der Waals surface area contributed by atoms with Gasteiger partial charge in [0.05, 0.1) is 11.9 Å². The van der Waals surface area contributed by atoms with Crippen LogP contribution in [0.25, 0.3) is 0 Å². The normalized spacial score (nSPS) is 16.3. The summed E-state index contributed by atoms with van der Waals surface area (Å²) in [6.45, 7) is 4.89. The first-order chi connectivity index (χ1) is 19.9. The predicted molar refractivity (Wildman–Crippen MR) is 155 cm³/mol. The molecule has 6 rings (SSSR count). The average molecular weight is 553 g/mol. The number of carbonyl (C=O) groups is 2. The predicted octanol–water partition coefficient (Wildman–Crippen LogP) is 4.94. The summed E-state index contributed by atoms with van der Waals surface area (Å²) in [5, 5.41) is 13.7. The van der Waals surface area contributed by atoms with Crippen molar-refractivity contribution in [1.82, 2.24) is 25.0 Å². The molecule has 6 bridgehead atoms. The quantitative estimate of drug-likeness (QED) is 0.321. The highest BCUT2D eigenvalue weighted by atomic mass is 16.5. The van der Waals surface area contributed by atoms with Crippen LogP contribution in [0.2, 0.25) is 0 Å². The van der Waals surface area contributed by atoms with Gasteiger partial charge in [0.1, 0.15) is 11.6 Å². The van der Waals surface area contributed by atoms with Crippen LogP contribution in [-0.2, 0) is 17.6 Å². The standard InChI is InChI=1S/C30H32N8O3/c1-18-14-32-30-34-24-11-20(15-31-16-24)5-6-22-13-23(33-28(18)36-30)7-8-25(22)35-27(39)12-21-4-3-9-38(17-21)29(40)26-10-19(2)41-37-26/h7-8,10-11,13-16,21H,3-6,9,12,17H2,1-2H3,(H,35,39)(H2,32,33,34,36)/t21-/m0/s1. The van der Waals surface area contributed by atoms with Gasteiger partial charge in [-0.05, 0) is 80.8 Å². The molecule has 4 aromatic rings. The smallest absolute Gasteiger partial charge is 0.276 e. The number of amides is 2. The minimum atomic E-state index is -0.152. The number of rotatable bonds is 4. The zero-order valence-electron chi connectivity index (χ0n) is 23.1. The van der Waals surface area contributed by atoms with Crippen LogP contribution in [0.3, 0.4) is 0 Å². The van der Waals surface area contributed by atoms with Crippen LogP contribution in [0.5, 0.6) is 0 Å². The monoisotopic (exact) mass is 552 g/mol. The Kier molecular flexibility index (Phi) is 7.32. The average Bonchev–Trinajstić information content (AvgIpc) is 3.40. The van der Waals surface area contributed by atoms with Crippen molar-refractivity contribution in [2.24, 2.45) is 5.92 Å². The summed E-state index contributed by atoms with van der Waals surface area (Å²) < 4.78 is 5.07. The van der Waals surface area contributed by atoms with Crippen molar-refractivity contribution >= 4 is 40.6 Å². The molecule has 2 aliphatic heterocycles. The summed E-state index contributed by atoms with van der Waals surface area (Å²) in [6, 6.07) is 9.62. The van der Waals surface area contributed by atoms with E-state index >= 15 is 0 Å². The largest absolute Gasteiger partial charge is 0.361 e. The molecule has 1 atom stereocenters. The van der Waals surface area contributed by atoms with Gasteiger partial charge in [0.2, 0.25) is 11.9 Å². The molecule has 2 aliphatic rings. The van der Waals surface area contributed by atoms with Gasteiger partial charge in [0.25, 0.3) is 5.91 Å². The van der Waals surface area contributed by atoms with Crippen LogP contribution in [0.15, 0.2) is 53.4 Å². The zero-order chi connectivity index (χ0) is 28.3. The molecule has 210 valence electrons. The van der Waals surface area contributed by atoms with Gasteiger partial charge in [-0.2, -0.15) is 4.98 Å². The van der Waals surface area contributed by atoms with Gasteiger partial charge < -0.3 is 25.4 Å². The second-order valence-corrected chi connectivity index (χ2v) is 10.8. The number of carbonyl (C=O) groups excluding carboxylic acids is 2. The number of hydrogen-bond acceptors (Lipinski definition) is 9. The molecule has 1 saturated heterocycles. The highest BCUT2D eigenvalue weighted by molar-refractivity contribution is 5.93. The molecule has 5 heterocycles. The fraction of sp³-hybridized carbons (Fsp3) is 0.333. The van der Waals surface area contributed by atoms with Crippen molar-refractivity contribution in [3.63, 3.8) is 0 Å². The van der Waals surface area contributed by atoms with E-state index in [9.17, 15) is 9.59 Å². The summed E-state index contributed by atoms with van der Waals surface area (Å²) in [4.78, 5) is 41.3. The lowest BCUT2D eigenvalue weighted by Gasteiger charge is -2.32. The highest BCUT2D eigenvalue weighted by Gasteiger charge is 2.28. The summed E-state index contributed by atoms with van der Waals surface area (Å²) in [6.07, 6.45) is 8.90. The number of nitrogens with zero attached hydrogens (tertiary/aromatic N) is 5. The molecule has 1 fully saturated rings. The number of anilines is 5. The van der Waals surface area contributed by atoms with Gasteiger partial charge in [0.15, 0.2) is 5.69 Å². The van der Waals surface area contributed by atoms with Crippen molar-refractivity contribution in [2.45, 2.75) is 46.0 Å². The molecule has 1 aromatic carbocycles. The Hall–Kier alpha value is -4.80. The maximum absolute atomic E-state index is 13.2. The van der Waals surface area contributed by atoms with Gasteiger partial charge in [-0.15, -0.1) is 0 Å². The molecule has 0 spiro atoms. The lowest BCUT2D eigenvalue weighted by molar-refractivity contribution is -0.117. The zero-order valence-corrected chi connectivity index (χ0v) is 23.1. The van der Waals surface area contributed by atoms with Gasteiger partial charge in [-0.3, -0.25) is 14.6 Å². The molecule has 11 heteroatoms. The first-order valence-corrected chi connectivity index (χ1v) is 13.9. The van der Waals surface area contributed by atoms with Crippen molar-refractivity contribution in [1.29, 1.82) is 0 Å². The molecule has 3 N–H and O–H groups in total. The van der Waals surface area contributed by atoms with Gasteiger partial charge in [0, 0.05) is 54.9 Å². The Morgan fingerprint density at radius 2 is 1.98 bits per heavy atom. The van der Waals surface area contributed by atoms with Crippen molar-refractivity contribution in [2.75, 3.05) is 29.0 Å². The molecule has 3 aromatic heterocycles. The minimum absolute atomic E-state index is 0.0643. The third-order valence-corrected chi connectivity index (χ3v) is 7.48. The maximum Gasteiger partial charge on any atom is 0.276 e. The first-order valence-electron chi connectivity index (χ1n) is 13.9. The lowest BCUT2D eigenvalue weighted by atomic mass is 9.94. The molecule has 0 saturated carbocycles. The third kappa shape index (κ3) is 6.19. The molecule has 11 nitrogen and oxygen atoms in total. The van der Waals surface area contributed by atoms with E-state index in [0.29, 0.717) is 49.2 Å². The number of hydrogen-bond donors (Lipinski definition) is 3. The van der Waals surface area contributed by atoms with E-state index in [1.807, 2.05) is 31.3 Å². The number of fused-ring (bicyclic) bond motifs is 6. The van der Waals surface area contributed by atoms with E-state index in [0.717, 1.165) is 53.0 Å². The van der Waals surface area contributed by atoms with Crippen LogP contribution in [0.1, 0.15) is 52.2 Å². The number of pyridine rings is 1. The Labute approximate surface area is 237 Å². The summed E-state index contributed by atoms with van der Waals surface area (Å²) in [7, 11) is 0. The Morgan fingerprint density at radius 1 is 1.07 bits per heavy atom. The van der Waals surface area contributed by atoms with E-state index in [4.69, 9.17) is 4.52 Å². The second kappa shape index (κ2) is 11.4. The van der Waals surface area contributed by atoms with Crippen LogP contribution < -0.4 is 16.0 Å². The number of nitrogens with one attached hydrogen (secondary N) is 3. The Balaban J connectivity index is 1.18. The number of aryl methyl sites for hydroxylation is 4.